The van der Waals surface area contributed by atoms with Crippen molar-refractivity contribution in [2.24, 2.45) is 4.99 Å². The van der Waals surface area contributed by atoms with E-state index in [0.717, 1.165) is 13.1 Å². The molecule has 0 aromatic rings. The van der Waals surface area contributed by atoms with E-state index in [0.29, 0.717) is 4.43 Å². The van der Waals surface area contributed by atoms with Crippen LogP contribution in [0.25, 0.3) is 0 Å². The average Bonchev–Trinajstić information content (AvgIpc) is 2.37. The van der Waals surface area contributed by atoms with E-state index in [2.05, 4.69) is 27.6 Å². The Labute approximate surface area is 67.3 Å². The van der Waals surface area contributed by atoms with Crippen LogP contribution in [-0.4, -0.2) is 34.7 Å². The van der Waals surface area contributed by atoms with Crippen molar-refractivity contribution in [1.29, 1.82) is 0 Å². The van der Waals surface area contributed by atoms with Gasteiger partial charge in [0, 0.05) is 6.54 Å². The molecule has 1 aliphatic rings. The van der Waals surface area contributed by atoms with E-state index >= 15 is 0 Å². The maximum absolute atomic E-state index is 10.8. The zero-order chi connectivity index (χ0) is 6.69. The molecular weight excluding hydrogens is 231 g/mol. The van der Waals surface area contributed by atoms with Gasteiger partial charge in [-0.15, -0.1) is 0 Å². The van der Waals surface area contributed by atoms with E-state index < -0.39 is 0 Å². The van der Waals surface area contributed by atoms with Crippen LogP contribution in [0.4, 0.5) is 0 Å². The van der Waals surface area contributed by atoms with Gasteiger partial charge in [-0.3, -0.25) is 9.79 Å². The summed E-state index contributed by atoms with van der Waals surface area (Å²) in [5, 5.41) is 0. The molecule has 0 spiro atoms. The number of hydrogen-bond donors (Lipinski definition) is 0. The van der Waals surface area contributed by atoms with Crippen molar-refractivity contribution in [2.75, 3.05) is 17.5 Å². The van der Waals surface area contributed by atoms with Gasteiger partial charge in [-0.1, -0.05) is 22.6 Å². The maximum Gasteiger partial charge on any atom is 0.237 e. The predicted molar refractivity (Wildman–Crippen MR) is 44.0 cm³/mol. The molecule has 0 radical (unpaired) electrons. The molecule has 1 amide bonds. The number of alkyl halides is 1. The van der Waals surface area contributed by atoms with Crippen molar-refractivity contribution in [1.82, 2.24) is 4.90 Å². The summed E-state index contributed by atoms with van der Waals surface area (Å²) in [6, 6.07) is 0. The fraction of sp³-hybridized carbons (Fsp3) is 0.600. The van der Waals surface area contributed by atoms with Crippen LogP contribution in [0, 0.1) is 0 Å². The Hall–Kier alpha value is -0.130. The van der Waals surface area contributed by atoms with E-state index in [4.69, 9.17) is 0 Å². The van der Waals surface area contributed by atoms with Crippen molar-refractivity contribution in [3.63, 3.8) is 0 Å². The first kappa shape index (κ1) is 6.98. The highest BCUT2D eigenvalue weighted by atomic mass is 127. The van der Waals surface area contributed by atoms with E-state index in [-0.39, 0.29) is 5.91 Å². The van der Waals surface area contributed by atoms with Gasteiger partial charge in [0.1, 0.15) is 0 Å². The van der Waals surface area contributed by atoms with Crippen LogP contribution in [0.15, 0.2) is 4.99 Å². The molecule has 1 rings (SSSR count). The Balaban J connectivity index is 2.43. The molecule has 4 heteroatoms. The highest BCUT2D eigenvalue weighted by Crippen LogP contribution is 1.95. The Morgan fingerprint density at radius 1 is 1.89 bits per heavy atom. The zero-order valence-corrected chi connectivity index (χ0v) is 7.04. The third-order valence-electron chi connectivity index (χ3n) is 1.13. The van der Waals surface area contributed by atoms with E-state index in [1.807, 2.05) is 0 Å². The number of carbonyl (C=O) groups excluding carboxylic acids is 1. The number of amides is 1. The van der Waals surface area contributed by atoms with E-state index in [1.165, 1.54) is 0 Å². The van der Waals surface area contributed by atoms with Crippen LogP contribution in [0.2, 0.25) is 0 Å². The van der Waals surface area contributed by atoms with Gasteiger partial charge in [-0.05, 0) is 0 Å². The van der Waals surface area contributed by atoms with Crippen molar-refractivity contribution >= 4 is 34.8 Å². The molecule has 0 N–H and O–H groups in total. The molecular formula is C5H7IN2O. The van der Waals surface area contributed by atoms with Crippen LogP contribution in [0.5, 0.6) is 0 Å². The highest BCUT2D eigenvalue weighted by Gasteiger charge is 2.11. The lowest BCUT2D eigenvalue weighted by atomic mass is 10.5. The second-order valence-electron chi connectivity index (χ2n) is 1.74. The summed E-state index contributed by atoms with van der Waals surface area (Å²) in [6.45, 7) is 1.53. The van der Waals surface area contributed by atoms with Crippen LogP contribution >= 0.6 is 22.6 Å². The third kappa shape index (κ3) is 1.64. The van der Waals surface area contributed by atoms with Crippen molar-refractivity contribution < 1.29 is 4.79 Å². The maximum atomic E-state index is 10.8. The molecule has 0 saturated carbocycles. The summed E-state index contributed by atoms with van der Waals surface area (Å²) >= 11 is 2.05. The summed E-state index contributed by atoms with van der Waals surface area (Å²) in [6.07, 6.45) is 1.61. The second kappa shape index (κ2) is 3.14. The van der Waals surface area contributed by atoms with Crippen molar-refractivity contribution in [3.05, 3.63) is 0 Å². The first-order valence-corrected chi connectivity index (χ1v) is 4.22. The fourth-order valence-corrected chi connectivity index (χ4v) is 1.08. The third-order valence-corrected chi connectivity index (χ3v) is 1.78. The summed E-state index contributed by atoms with van der Waals surface area (Å²) in [5.41, 5.74) is 0. The standard InChI is InChI=1S/C5H7IN2O/c6-3-5(9)8-2-1-7-4-8/h4H,1-3H2. The second-order valence-corrected chi connectivity index (χ2v) is 2.51. The number of rotatable bonds is 1. The molecule has 3 nitrogen and oxygen atoms in total. The van der Waals surface area contributed by atoms with E-state index in [1.54, 1.807) is 11.2 Å². The minimum atomic E-state index is 0.150. The molecule has 0 unspecified atom stereocenters. The number of carbonyl (C=O) groups is 1. The molecule has 1 heterocycles. The molecule has 0 fully saturated rings. The fourth-order valence-electron chi connectivity index (χ4n) is 0.645. The van der Waals surface area contributed by atoms with Crippen LogP contribution in [-0.2, 0) is 4.79 Å². The topological polar surface area (TPSA) is 32.7 Å². The van der Waals surface area contributed by atoms with Gasteiger partial charge in [0.05, 0.1) is 17.3 Å². The Bertz CT molecular complexity index is 146. The highest BCUT2D eigenvalue weighted by molar-refractivity contribution is 14.1. The predicted octanol–water partition coefficient (Wildman–Crippen LogP) is 0.292. The van der Waals surface area contributed by atoms with Gasteiger partial charge in [0.25, 0.3) is 0 Å². The van der Waals surface area contributed by atoms with Gasteiger partial charge < -0.3 is 4.90 Å². The largest absolute Gasteiger partial charge is 0.301 e. The average molecular weight is 238 g/mol. The molecule has 0 aromatic carbocycles. The SMILES string of the molecule is O=C(CI)N1C=NCC1. The van der Waals surface area contributed by atoms with Gasteiger partial charge in [-0.25, -0.2) is 0 Å². The Morgan fingerprint density at radius 2 is 2.67 bits per heavy atom. The van der Waals surface area contributed by atoms with Crippen molar-refractivity contribution in [3.8, 4) is 0 Å². The smallest absolute Gasteiger partial charge is 0.237 e. The summed E-state index contributed by atoms with van der Waals surface area (Å²) < 4.78 is 0.545. The summed E-state index contributed by atoms with van der Waals surface area (Å²) in [4.78, 5) is 16.4. The van der Waals surface area contributed by atoms with Gasteiger partial charge >= 0.3 is 0 Å². The molecule has 1 aliphatic heterocycles. The molecule has 0 bridgehead atoms. The number of aliphatic imine (C=N–C) groups is 1. The summed E-state index contributed by atoms with van der Waals surface area (Å²) in [7, 11) is 0. The quantitative estimate of drug-likeness (QED) is 0.477. The van der Waals surface area contributed by atoms with Crippen LogP contribution in [0.3, 0.4) is 0 Å². The Kier molecular flexibility index (Phi) is 2.44. The molecule has 0 saturated heterocycles. The lowest BCUT2D eigenvalue weighted by molar-refractivity contribution is -0.123. The number of hydrogen-bond acceptors (Lipinski definition) is 2. The minimum Gasteiger partial charge on any atom is -0.301 e. The minimum absolute atomic E-state index is 0.150. The lowest BCUT2D eigenvalue weighted by Gasteiger charge is -2.07. The monoisotopic (exact) mass is 238 g/mol. The van der Waals surface area contributed by atoms with Crippen LogP contribution in [0.1, 0.15) is 0 Å². The van der Waals surface area contributed by atoms with Gasteiger partial charge in [-0.2, -0.15) is 0 Å². The lowest BCUT2D eigenvalue weighted by Crippen LogP contribution is -2.28. The zero-order valence-electron chi connectivity index (χ0n) is 4.88. The Morgan fingerprint density at radius 3 is 3.11 bits per heavy atom. The molecule has 0 aromatic heterocycles. The van der Waals surface area contributed by atoms with Crippen LogP contribution < -0.4 is 0 Å². The molecule has 9 heavy (non-hydrogen) atoms. The van der Waals surface area contributed by atoms with Crippen molar-refractivity contribution in [2.45, 2.75) is 0 Å². The summed E-state index contributed by atoms with van der Waals surface area (Å²) in [5.74, 6) is 0.150. The number of nitrogens with zero attached hydrogens (tertiary/aromatic N) is 2. The normalized spacial score (nSPS) is 16.8. The van der Waals surface area contributed by atoms with Gasteiger partial charge in [0.15, 0.2) is 0 Å². The first-order valence-electron chi connectivity index (χ1n) is 2.70. The molecule has 0 atom stereocenters. The number of halogens is 1. The van der Waals surface area contributed by atoms with Gasteiger partial charge in [0.2, 0.25) is 5.91 Å². The first-order chi connectivity index (χ1) is 4.34. The van der Waals surface area contributed by atoms with E-state index in [9.17, 15) is 4.79 Å². The molecule has 50 valence electrons. The molecule has 0 aliphatic carbocycles.